The van der Waals surface area contributed by atoms with Gasteiger partial charge in [-0.05, 0) is 80.0 Å². The summed E-state index contributed by atoms with van der Waals surface area (Å²) in [5, 5.41) is 4.21. The van der Waals surface area contributed by atoms with Crippen molar-refractivity contribution in [2.45, 2.75) is 38.5 Å². The van der Waals surface area contributed by atoms with Gasteiger partial charge in [0.25, 0.3) is 0 Å². The first kappa shape index (κ1) is 16.4. The summed E-state index contributed by atoms with van der Waals surface area (Å²) < 4.78 is 10.5. The van der Waals surface area contributed by atoms with E-state index in [9.17, 15) is 4.79 Å². The van der Waals surface area contributed by atoms with Crippen LogP contribution in [0.3, 0.4) is 0 Å². The van der Waals surface area contributed by atoms with Crippen LogP contribution >= 0.6 is 0 Å². The van der Waals surface area contributed by atoms with Gasteiger partial charge in [-0.25, -0.2) is 5.43 Å². The summed E-state index contributed by atoms with van der Waals surface area (Å²) in [4.78, 5) is 12.8. The second kappa shape index (κ2) is 6.36. The molecule has 5 nitrogen and oxygen atoms in total. The molecule has 1 N–H and O–H groups in total. The van der Waals surface area contributed by atoms with E-state index in [0.717, 1.165) is 42.6 Å². The van der Waals surface area contributed by atoms with Gasteiger partial charge in [-0.1, -0.05) is 0 Å². The zero-order valence-corrected chi connectivity index (χ0v) is 15.0. The minimum Gasteiger partial charge on any atom is -0.493 e. The molecule has 5 rings (SSSR count). The normalized spacial score (nSPS) is 32.8. The Kier molecular flexibility index (Phi) is 4.18. The highest BCUT2D eigenvalue weighted by Gasteiger charge is 2.54. The summed E-state index contributed by atoms with van der Waals surface area (Å²) in [5.74, 6) is 3.71. The molecule has 1 aromatic rings. The fourth-order valence-electron chi connectivity index (χ4n) is 5.61. The molecule has 0 aliphatic heterocycles. The lowest BCUT2D eigenvalue weighted by atomic mass is 9.49. The number of amides is 1. The third kappa shape index (κ3) is 3.00. The van der Waals surface area contributed by atoms with Crippen molar-refractivity contribution in [2.24, 2.45) is 28.3 Å². The number of benzene rings is 1. The van der Waals surface area contributed by atoms with Gasteiger partial charge in [-0.15, -0.1) is 0 Å². The molecule has 0 radical (unpaired) electrons. The number of carbonyl (C=O) groups is 1. The first-order valence-corrected chi connectivity index (χ1v) is 9.17. The summed E-state index contributed by atoms with van der Waals surface area (Å²) in [7, 11) is 3.21. The van der Waals surface area contributed by atoms with Crippen molar-refractivity contribution < 1.29 is 14.3 Å². The standard InChI is InChI=1S/C20H26N2O3/c1-24-17-4-3-13(8-18(17)25-2)12-21-22-19(23)20-9-14-5-15(10-20)7-16(6-14)11-20/h3-4,8,12,14-16H,5-7,9-11H2,1-2H3,(H,22,23)/b21-12+. The van der Waals surface area contributed by atoms with E-state index in [1.165, 1.54) is 19.3 Å². The highest BCUT2D eigenvalue weighted by Crippen LogP contribution is 2.60. The Labute approximate surface area is 148 Å². The van der Waals surface area contributed by atoms with Crippen molar-refractivity contribution in [2.75, 3.05) is 14.2 Å². The van der Waals surface area contributed by atoms with E-state index in [2.05, 4.69) is 10.5 Å². The van der Waals surface area contributed by atoms with Crippen LogP contribution in [-0.2, 0) is 4.79 Å². The summed E-state index contributed by atoms with van der Waals surface area (Å²) in [6, 6.07) is 5.57. The number of ether oxygens (including phenoxy) is 2. The molecule has 0 atom stereocenters. The van der Waals surface area contributed by atoms with E-state index >= 15 is 0 Å². The fourth-order valence-corrected chi connectivity index (χ4v) is 5.61. The van der Waals surface area contributed by atoms with Crippen molar-refractivity contribution in [3.63, 3.8) is 0 Å². The molecular weight excluding hydrogens is 316 g/mol. The first-order valence-electron chi connectivity index (χ1n) is 9.17. The summed E-state index contributed by atoms with van der Waals surface area (Å²) in [5.41, 5.74) is 3.51. The lowest BCUT2D eigenvalue weighted by molar-refractivity contribution is -0.146. The number of rotatable bonds is 5. The van der Waals surface area contributed by atoms with Crippen LogP contribution in [0.4, 0.5) is 0 Å². The smallest absolute Gasteiger partial charge is 0.246 e. The van der Waals surface area contributed by atoms with E-state index in [-0.39, 0.29) is 11.3 Å². The van der Waals surface area contributed by atoms with Gasteiger partial charge in [0.1, 0.15) is 0 Å². The number of methoxy groups -OCH3 is 2. The zero-order valence-electron chi connectivity index (χ0n) is 15.0. The minimum atomic E-state index is -0.163. The molecule has 0 spiro atoms. The maximum atomic E-state index is 12.8. The Morgan fingerprint density at radius 2 is 1.68 bits per heavy atom. The molecule has 4 saturated carbocycles. The molecule has 4 bridgehead atoms. The maximum absolute atomic E-state index is 12.8. The number of nitrogens with zero attached hydrogens (tertiary/aromatic N) is 1. The number of carbonyl (C=O) groups excluding carboxylic acids is 1. The van der Waals surface area contributed by atoms with E-state index in [1.807, 2.05) is 18.2 Å². The third-order valence-corrected chi connectivity index (χ3v) is 6.31. The van der Waals surface area contributed by atoms with Crippen molar-refractivity contribution in [3.05, 3.63) is 23.8 Å². The summed E-state index contributed by atoms with van der Waals surface area (Å²) in [6.45, 7) is 0. The van der Waals surface area contributed by atoms with E-state index < -0.39 is 0 Å². The molecule has 4 aliphatic rings. The average Bonchev–Trinajstić information content (AvgIpc) is 2.60. The Bertz CT molecular complexity index is 663. The Hall–Kier alpha value is -2.04. The molecule has 4 aliphatic carbocycles. The third-order valence-electron chi connectivity index (χ3n) is 6.31. The van der Waals surface area contributed by atoms with Crippen LogP contribution < -0.4 is 14.9 Å². The quantitative estimate of drug-likeness (QED) is 0.659. The molecule has 1 aromatic carbocycles. The Morgan fingerprint density at radius 1 is 1.08 bits per heavy atom. The van der Waals surface area contributed by atoms with Crippen LogP contribution in [0.2, 0.25) is 0 Å². The largest absolute Gasteiger partial charge is 0.493 e. The molecule has 0 saturated heterocycles. The average molecular weight is 342 g/mol. The molecule has 4 fully saturated rings. The number of hydrogen-bond donors (Lipinski definition) is 1. The van der Waals surface area contributed by atoms with Gasteiger partial charge in [0, 0.05) is 0 Å². The van der Waals surface area contributed by atoms with Crippen molar-refractivity contribution in [1.29, 1.82) is 0 Å². The lowest BCUT2D eigenvalue weighted by Crippen LogP contribution is -2.52. The van der Waals surface area contributed by atoms with Crippen LogP contribution in [0, 0.1) is 23.2 Å². The Morgan fingerprint density at radius 3 is 2.24 bits per heavy atom. The van der Waals surface area contributed by atoms with Crippen LogP contribution in [0.5, 0.6) is 11.5 Å². The SMILES string of the molecule is COc1ccc(/C=N/NC(=O)C23CC4CC(CC(C4)C2)C3)cc1OC. The fraction of sp³-hybridized carbons (Fsp3) is 0.600. The molecule has 0 unspecified atom stereocenters. The predicted octanol–water partition coefficient (Wildman–Crippen LogP) is 3.37. The second-order valence-electron chi connectivity index (χ2n) is 8.01. The molecular formula is C20H26N2O3. The molecule has 134 valence electrons. The van der Waals surface area contributed by atoms with Gasteiger partial charge in [-0.3, -0.25) is 4.79 Å². The highest BCUT2D eigenvalue weighted by atomic mass is 16.5. The maximum Gasteiger partial charge on any atom is 0.246 e. The predicted molar refractivity (Wildman–Crippen MR) is 95.9 cm³/mol. The van der Waals surface area contributed by atoms with Gasteiger partial charge in [-0.2, -0.15) is 5.10 Å². The molecule has 25 heavy (non-hydrogen) atoms. The summed E-state index contributed by atoms with van der Waals surface area (Å²) >= 11 is 0. The van der Waals surface area contributed by atoms with E-state index in [1.54, 1.807) is 20.4 Å². The van der Waals surface area contributed by atoms with Crippen molar-refractivity contribution in [1.82, 2.24) is 5.43 Å². The van der Waals surface area contributed by atoms with Gasteiger partial charge in [0.15, 0.2) is 11.5 Å². The lowest BCUT2D eigenvalue weighted by Gasteiger charge is -2.55. The highest BCUT2D eigenvalue weighted by molar-refractivity contribution is 5.86. The second-order valence-corrected chi connectivity index (χ2v) is 8.01. The molecule has 0 aromatic heterocycles. The Balaban J connectivity index is 1.43. The summed E-state index contributed by atoms with van der Waals surface area (Å²) in [6.07, 6.45) is 8.83. The number of hydrogen-bond acceptors (Lipinski definition) is 4. The molecule has 1 amide bonds. The minimum absolute atomic E-state index is 0.114. The molecule has 0 heterocycles. The number of nitrogens with one attached hydrogen (secondary N) is 1. The number of hydrazone groups is 1. The van der Waals surface area contributed by atoms with Crippen LogP contribution in [0.15, 0.2) is 23.3 Å². The van der Waals surface area contributed by atoms with Crippen molar-refractivity contribution >= 4 is 12.1 Å². The van der Waals surface area contributed by atoms with Crippen LogP contribution in [0.1, 0.15) is 44.1 Å². The van der Waals surface area contributed by atoms with Crippen LogP contribution in [-0.4, -0.2) is 26.3 Å². The monoisotopic (exact) mass is 342 g/mol. The van der Waals surface area contributed by atoms with Gasteiger partial charge in [0.2, 0.25) is 5.91 Å². The molecule has 5 heteroatoms. The van der Waals surface area contributed by atoms with Crippen LogP contribution in [0.25, 0.3) is 0 Å². The zero-order chi connectivity index (χ0) is 17.4. The van der Waals surface area contributed by atoms with Gasteiger partial charge in [0.05, 0.1) is 25.8 Å². The van der Waals surface area contributed by atoms with Gasteiger partial charge >= 0.3 is 0 Å². The topological polar surface area (TPSA) is 59.9 Å². The van der Waals surface area contributed by atoms with Crippen molar-refractivity contribution in [3.8, 4) is 11.5 Å². The first-order chi connectivity index (χ1) is 12.1. The van der Waals surface area contributed by atoms with E-state index in [0.29, 0.717) is 11.5 Å². The van der Waals surface area contributed by atoms with E-state index in [4.69, 9.17) is 9.47 Å². The van der Waals surface area contributed by atoms with Gasteiger partial charge < -0.3 is 9.47 Å².